The van der Waals surface area contributed by atoms with Crippen molar-refractivity contribution in [2.45, 2.75) is 38.8 Å². The molecule has 0 atom stereocenters. The van der Waals surface area contributed by atoms with Crippen molar-refractivity contribution in [3.05, 3.63) is 34.9 Å². The first-order chi connectivity index (χ1) is 9.09. The van der Waals surface area contributed by atoms with Gasteiger partial charge in [0.05, 0.1) is 11.1 Å². The van der Waals surface area contributed by atoms with Crippen LogP contribution < -0.4 is 0 Å². The maximum atomic E-state index is 11.6. The minimum Gasteiger partial charge on any atom is -0.422 e. The Morgan fingerprint density at radius 3 is 2.79 bits per heavy atom. The van der Waals surface area contributed by atoms with E-state index in [1.54, 1.807) is 12.1 Å². The van der Waals surface area contributed by atoms with Crippen molar-refractivity contribution in [2.75, 3.05) is 0 Å². The highest BCUT2D eigenvalue weighted by atomic mass is 28.2. The molecular weight excluding hydrogens is 260 g/mol. The van der Waals surface area contributed by atoms with E-state index < -0.39 is 21.7 Å². The van der Waals surface area contributed by atoms with Gasteiger partial charge in [-0.3, -0.25) is 0 Å². The molecule has 0 N–H and O–H groups in total. The summed E-state index contributed by atoms with van der Waals surface area (Å²) in [6, 6.07) is 6.41. The van der Waals surface area contributed by atoms with E-state index in [1.807, 2.05) is 19.9 Å². The summed E-state index contributed by atoms with van der Waals surface area (Å²) in [5.74, 6) is -1.04. The summed E-state index contributed by atoms with van der Waals surface area (Å²) in [6.45, 7) is 4.08. The summed E-state index contributed by atoms with van der Waals surface area (Å²) in [4.78, 5) is 23.0. The lowest BCUT2D eigenvalue weighted by Gasteiger charge is -2.07. The number of benzene rings is 1. The van der Waals surface area contributed by atoms with E-state index in [-0.39, 0.29) is 0 Å². The van der Waals surface area contributed by atoms with Gasteiger partial charge in [-0.25, -0.2) is 9.59 Å². The molecule has 0 saturated heterocycles. The van der Waals surface area contributed by atoms with E-state index in [1.165, 1.54) is 0 Å². The third kappa shape index (κ3) is 3.30. The molecule has 0 radical (unpaired) electrons. The molecule has 0 spiro atoms. The highest BCUT2D eigenvalue weighted by molar-refractivity contribution is 6.27. The molecule has 0 saturated carbocycles. The summed E-state index contributed by atoms with van der Waals surface area (Å²) in [5, 5.41) is 0. The Hall–Kier alpha value is -1.46. The summed E-state index contributed by atoms with van der Waals surface area (Å²) < 4.78 is 10.2. The number of hydrogen-bond donors (Lipinski definition) is 0. The zero-order valence-corrected chi connectivity index (χ0v) is 12.7. The zero-order chi connectivity index (χ0) is 13.8. The molecule has 4 nitrogen and oxygen atoms in total. The van der Waals surface area contributed by atoms with Crippen molar-refractivity contribution in [3.63, 3.8) is 0 Å². The van der Waals surface area contributed by atoms with Gasteiger partial charge in [0.25, 0.3) is 0 Å². The lowest BCUT2D eigenvalue weighted by molar-refractivity contribution is 0.0443. The summed E-state index contributed by atoms with van der Waals surface area (Å²) in [7, 11) is -0.471. The van der Waals surface area contributed by atoms with Crippen LogP contribution in [0.2, 0.25) is 6.04 Å². The highest BCUT2D eigenvalue weighted by Crippen LogP contribution is 2.24. The first-order valence-corrected chi connectivity index (χ1v) is 8.17. The molecule has 1 aliphatic rings. The number of carbonyl (C=O) groups excluding carboxylic acids is 2. The Bertz CT molecular complexity index is 496. The van der Waals surface area contributed by atoms with Gasteiger partial charge in [-0.2, -0.15) is 0 Å². The SMILES string of the molecule is CC(C)O[SiH2]CCCc1cccc2c1C(=O)OC2=O. The molecular formula is C14H18O4Si. The van der Waals surface area contributed by atoms with Crippen molar-refractivity contribution in [2.24, 2.45) is 0 Å². The van der Waals surface area contributed by atoms with Crippen LogP contribution in [0.4, 0.5) is 0 Å². The second-order valence-electron chi connectivity index (χ2n) is 4.89. The largest absolute Gasteiger partial charge is 0.422 e. The van der Waals surface area contributed by atoms with Crippen LogP contribution in [-0.2, 0) is 15.6 Å². The van der Waals surface area contributed by atoms with Gasteiger partial charge in [0.2, 0.25) is 0 Å². The van der Waals surface area contributed by atoms with Crippen LogP contribution >= 0.6 is 0 Å². The van der Waals surface area contributed by atoms with Crippen LogP contribution in [0.15, 0.2) is 18.2 Å². The number of fused-ring (bicyclic) bond motifs is 1. The average molecular weight is 278 g/mol. The maximum Gasteiger partial charge on any atom is 0.347 e. The van der Waals surface area contributed by atoms with E-state index in [0.29, 0.717) is 17.2 Å². The number of rotatable bonds is 6. The fraction of sp³-hybridized carbons (Fsp3) is 0.429. The normalized spacial score (nSPS) is 14.5. The number of cyclic esters (lactones) is 2. The molecule has 0 bridgehead atoms. The second kappa shape index (κ2) is 6.12. The first kappa shape index (κ1) is 14.0. The molecule has 1 aliphatic heterocycles. The van der Waals surface area contributed by atoms with Crippen molar-refractivity contribution >= 4 is 21.7 Å². The molecule has 2 rings (SSSR count). The second-order valence-corrected chi connectivity index (χ2v) is 6.34. The van der Waals surface area contributed by atoms with Crippen molar-refractivity contribution < 1.29 is 18.8 Å². The van der Waals surface area contributed by atoms with E-state index in [9.17, 15) is 9.59 Å². The van der Waals surface area contributed by atoms with Gasteiger partial charge < -0.3 is 9.16 Å². The van der Waals surface area contributed by atoms with Gasteiger partial charge in [0, 0.05) is 6.10 Å². The maximum absolute atomic E-state index is 11.6. The van der Waals surface area contributed by atoms with Gasteiger partial charge in [0.15, 0.2) is 9.76 Å². The third-order valence-corrected chi connectivity index (χ3v) is 4.74. The van der Waals surface area contributed by atoms with Crippen LogP contribution in [0.5, 0.6) is 0 Å². The Labute approximate surface area is 115 Å². The molecule has 1 aromatic rings. The van der Waals surface area contributed by atoms with E-state index >= 15 is 0 Å². The molecule has 5 heteroatoms. The van der Waals surface area contributed by atoms with Crippen LogP contribution in [0.3, 0.4) is 0 Å². The van der Waals surface area contributed by atoms with E-state index in [2.05, 4.69) is 4.74 Å². The van der Waals surface area contributed by atoms with Gasteiger partial charge in [-0.1, -0.05) is 12.1 Å². The predicted molar refractivity (Wildman–Crippen MR) is 74.1 cm³/mol. The first-order valence-electron chi connectivity index (χ1n) is 6.59. The fourth-order valence-corrected chi connectivity index (χ4v) is 3.24. The van der Waals surface area contributed by atoms with Gasteiger partial charge in [0.1, 0.15) is 0 Å². The number of esters is 2. The summed E-state index contributed by atoms with van der Waals surface area (Å²) in [6.07, 6.45) is 2.08. The molecule has 1 heterocycles. The van der Waals surface area contributed by atoms with Gasteiger partial charge in [-0.05, 0) is 44.4 Å². The smallest absolute Gasteiger partial charge is 0.347 e. The number of hydrogen-bond acceptors (Lipinski definition) is 4. The average Bonchev–Trinajstić information content (AvgIpc) is 2.65. The molecule has 19 heavy (non-hydrogen) atoms. The minimum absolute atomic E-state index is 0.306. The van der Waals surface area contributed by atoms with Crippen molar-refractivity contribution in [3.8, 4) is 0 Å². The van der Waals surface area contributed by atoms with E-state index in [0.717, 1.165) is 24.4 Å². The summed E-state index contributed by atoms with van der Waals surface area (Å²) in [5.41, 5.74) is 1.77. The standard InChI is InChI=1S/C14H18O4Si/c1-9(2)18-19-8-4-6-10-5-3-7-11-12(10)14(16)17-13(11)15/h3,5,7,9H,4,6,8,19H2,1-2H3. The highest BCUT2D eigenvalue weighted by Gasteiger charge is 2.31. The molecule has 1 aromatic carbocycles. The van der Waals surface area contributed by atoms with Gasteiger partial charge >= 0.3 is 11.9 Å². The van der Waals surface area contributed by atoms with Crippen molar-refractivity contribution in [1.82, 2.24) is 0 Å². The Morgan fingerprint density at radius 2 is 2.05 bits per heavy atom. The molecule has 0 amide bonds. The topological polar surface area (TPSA) is 52.6 Å². The van der Waals surface area contributed by atoms with Crippen molar-refractivity contribution in [1.29, 1.82) is 0 Å². The third-order valence-electron chi connectivity index (χ3n) is 3.05. The lowest BCUT2D eigenvalue weighted by Crippen LogP contribution is -2.07. The number of ether oxygens (including phenoxy) is 1. The molecule has 0 unspecified atom stereocenters. The van der Waals surface area contributed by atoms with Gasteiger partial charge in [-0.15, -0.1) is 0 Å². The Kier molecular flexibility index (Phi) is 4.50. The van der Waals surface area contributed by atoms with Crippen LogP contribution in [0.25, 0.3) is 0 Å². The van der Waals surface area contributed by atoms with Crippen LogP contribution in [-0.4, -0.2) is 27.8 Å². The summed E-state index contributed by atoms with van der Waals surface area (Å²) >= 11 is 0. The Morgan fingerprint density at radius 1 is 1.26 bits per heavy atom. The molecule has 0 aliphatic carbocycles. The molecule has 0 aromatic heterocycles. The van der Waals surface area contributed by atoms with Crippen LogP contribution in [0.1, 0.15) is 46.5 Å². The lowest BCUT2D eigenvalue weighted by atomic mass is 9.99. The fourth-order valence-electron chi connectivity index (χ4n) is 2.15. The molecule has 0 fully saturated rings. The quantitative estimate of drug-likeness (QED) is 0.345. The number of carbonyl (C=O) groups is 2. The Balaban J connectivity index is 1.95. The molecule has 102 valence electrons. The van der Waals surface area contributed by atoms with E-state index in [4.69, 9.17) is 4.43 Å². The predicted octanol–water partition coefficient (Wildman–Crippen LogP) is 1.86. The minimum atomic E-state index is -0.528. The monoisotopic (exact) mass is 278 g/mol. The zero-order valence-electron chi connectivity index (χ0n) is 11.3. The number of aryl methyl sites for hydroxylation is 1. The van der Waals surface area contributed by atoms with Crippen LogP contribution in [0, 0.1) is 0 Å².